The molecule has 4 heteroatoms. The van der Waals surface area contributed by atoms with Crippen LogP contribution in [0.3, 0.4) is 0 Å². The Balaban J connectivity index is 2.58. The lowest BCUT2D eigenvalue weighted by molar-refractivity contribution is 0.579. The van der Waals surface area contributed by atoms with E-state index in [0.29, 0.717) is 0 Å². The predicted octanol–water partition coefficient (Wildman–Crippen LogP) is 4.22. The van der Waals surface area contributed by atoms with Crippen LogP contribution in [0.15, 0.2) is 30.3 Å². The van der Waals surface area contributed by atoms with Crippen LogP contribution in [0.1, 0.15) is 0 Å². The van der Waals surface area contributed by atoms with Crippen molar-refractivity contribution in [2.45, 2.75) is 0 Å². The van der Waals surface area contributed by atoms with E-state index in [2.05, 4.69) is 0 Å². The van der Waals surface area contributed by atoms with Gasteiger partial charge in [0.05, 0.1) is 6.07 Å². The van der Waals surface area contributed by atoms with Crippen LogP contribution < -0.4 is 0 Å². The van der Waals surface area contributed by atoms with E-state index in [1.54, 1.807) is 0 Å². The molecule has 0 heterocycles. The van der Waals surface area contributed by atoms with Crippen LogP contribution in [0.4, 0.5) is 13.2 Å². The van der Waals surface area contributed by atoms with Gasteiger partial charge in [-0.05, 0) is 35.9 Å². The van der Waals surface area contributed by atoms with Crippen molar-refractivity contribution in [2.75, 3.05) is 0 Å². The third-order valence-electron chi connectivity index (χ3n) is 2.05. The highest BCUT2D eigenvalue weighted by atomic mass is 35.5. The quantitative estimate of drug-likeness (QED) is 0.701. The first-order valence-electron chi connectivity index (χ1n) is 4.40. The Morgan fingerprint density at radius 1 is 0.938 bits per heavy atom. The Morgan fingerprint density at radius 3 is 2.12 bits per heavy atom. The second-order valence-corrected chi connectivity index (χ2v) is 3.63. The molecule has 0 aromatic heterocycles. The average Bonchev–Trinajstić information content (AvgIpc) is 2.15. The SMILES string of the molecule is Fc1[c]c(F)cc(-c2ccc(Cl)cc2F)c1. The van der Waals surface area contributed by atoms with Gasteiger partial charge < -0.3 is 0 Å². The molecule has 0 spiro atoms. The minimum absolute atomic E-state index is 0.0937. The monoisotopic (exact) mass is 241 g/mol. The smallest absolute Gasteiger partial charge is 0.134 e. The number of rotatable bonds is 1. The van der Waals surface area contributed by atoms with Gasteiger partial charge in [-0.25, -0.2) is 13.2 Å². The summed E-state index contributed by atoms with van der Waals surface area (Å²) in [6, 6.07) is 7.75. The molecule has 1 radical (unpaired) electrons. The Kier molecular flexibility index (Phi) is 2.88. The van der Waals surface area contributed by atoms with E-state index in [9.17, 15) is 13.2 Å². The van der Waals surface area contributed by atoms with Crippen LogP contribution in [0.5, 0.6) is 0 Å². The van der Waals surface area contributed by atoms with Gasteiger partial charge in [-0.15, -0.1) is 0 Å². The van der Waals surface area contributed by atoms with Crippen molar-refractivity contribution in [2.24, 2.45) is 0 Å². The van der Waals surface area contributed by atoms with Gasteiger partial charge in [0, 0.05) is 10.6 Å². The summed E-state index contributed by atoms with van der Waals surface area (Å²) in [4.78, 5) is 0. The Labute approximate surface area is 95.3 Å². The maximum absolute atomic E-state index is 13.5. The lowest BCUT2D eigenvalue weighted by atomic mass is 10.1. The van der Waals surface area contributed by atoms with Crippen LogP contribution in [0.2, 0.25) is 5.02 Å². The normalized spacial score (nSPS) is 10.5. The van der Waals surface area contributed by atoms with Crippen molar-refractivity contribution in [1.29, 1.82) is 0 Å². The average molecular weight is 242 g/mol. The molecule has 0 aliphatic rings. The van der Waals surface area contributed by atoms with Gasteiger partial charge in [-0.3, -0.25) is 0 Å². The highest BCUT2D eigenvalue weighted by Gasteiger charge is 2.08. The summed E-state index contributed by atoms with van der Waals surface area (Å²) in [5, 5.41) is 0.227. The fourth-order valence-corrected chi connectivity index (χ4v) is 1.54. The second kappa shape index (κ2) is 4.18. The van der Waals surface area contributed by atoms with Crippen LogP contribution in [0.25, 0.3) is 11.1 Å². The number of benzene rings is 2. The third-order valence-corrected chi connectivity index (χ3v) is 2.28. The Morgan fingerprint density at radius 2 is 1.56 bits per heavy atom. The van der Waals surface area contributed by atoms with Crippen molar-refractivity contribution in [1.82, 2.24) is 0 Å². The molecule has 0 saturated heterocycles. The first-order valence-corrected chi connectivity index (χ1v) is 4.78. The molecule has 16 heavy (non-hydrogen) atoms. The van der Waals surface area contributed by atoms with Crippen molar-refractivity contribution < 1.29 is 13.2 Å². The van der Waals surface area contributed by atoms with E-state index in [4.69, 9.17) is 11.6 Å². The van der Waals surface area contributed by atoms with Gasteiger partial charge in [0.25, 0.3) is 0 Å². The largest absolute Gasteiger partial charge is 0.206 e. The second-order valence-electron chi connectivity index (χ2n) is 3.19. The molecule has 2 aromatic carbocycles. The fraction of sp³-hybridized carbons (Fsp3) is 0. The number of hydrogen-bond donors (Lipinski definition) is 0. The molecule has 0 atom stereocenters. The Bertz CT molecular complexity index is 518. The highest BCUT2D eigenvalue weighted by Crippen LogP contribution is 2.26. The molecule has 0 saturated carbocycles. The zero-order valence-corrected chi connectivity index (χ0v) is 8.65. The summed E-state index contributed by atoms with van der Waals surface area (Å²) >= 11 is 5.57. The van der Waals surface area contributed by atoms with Crippen molar-refractivity contribution in [3.8, 4) is 11.1 Å². The molecule has 0 nitrogen and oxygen atoms in total. The minimum atomic E-state index is -0.871. The van der Waals surface area contributed by atoms with E-state index in [0.717, 1.165) is 18.2 Å². The Hall–Kier alpha value is -1.48. The zero-order chi connectivity index (χ0) is 11.7. The van der Waals surface area contributed by atoms with Gasteiger partial charge in [0.1, 0.15) is 17.5 Å². The molecule has 0 N–H and O–H groups in total. The first-order chi connectivity index (χ1) is 7.56. The van der Waals surface area contributed by atoms with E-state index >= 15 is 0 Å². The molecule has 0 amide bonds. The molecule has 81 valence electrons. The van der Waals surface area contributed by atoms with Gasteiger partial charge in [-0.2, -0.15) is 0 Å². The van der Waals surface area contributed by atoms with E-state index < -0.39 is 17.5 Å². The fourth-order valence-electron chi connectivity index (χ4n) is 1.38. The summed E-state index contributed by atoms with van der Waals surface area (Å²) in [5.41, 5.74) is 0.208. The van der Waals surface area contributed by atoms with E-state index in [-0.39, 0.29) is 16.1 Å². The highest BCUT2D eigenvalue weighted by molar-refractivity contribution is 6.30. The third kappa shape index (κ3) is 2.19. The molecular formula is C12H5ClF3. The maximum Gasteiger partial charge on any atom is 0.134 e. The van der Waals surface area contributed by atoms with E-state index in [1.807, 2.05) is 6.07 Å². The van der Waals surface area contributed by atoms with Gasteiger partial charge in [-0.1, -0.05) is 11.6 Å². The molecule has 0 bridgehead atoms. The molecular weight excluding hydrogens is 237 g/mol. The standard InChI is InChI=1S/C12H5ClF3/c13-8-1-2-11(12(16)5-8)7-3-9(14)6-10(15)4-7/h1-5H. The van der Waals surface area contributed by atoms with Crippen LogP contribution in [-0.4, -0.2) is 0 Å². The molecule has 0 aliphatic heterocycles. The van der Waals surface area contributed by atoms with Crippen molar-refractivity contribution in [3.63, 3.8) is 0 Å². The number of halogens is 4. The summed E-state index contributed by atoms with van der Waals surface area (Å²) < 4.78 is 39.2. The van der Waals surface area contributed by atoms with Crippen molar-refractivity contribution in [3.05, 3.63) is 58.9 Å². The van der Waals surface area contributed by atoms with Gasteiger partial charge in [0.2, 0.25) is 0 Å². The van der Waals surface area contributed by atoms with Crippen LogP contribution in [-0.2, 0) is 0 Å². The summed E-state index contributed by atoms with van der Waals surface area (Å²) in [7, 11) is 0. The van der Waals surface area contributed by atoms with Gasteiger partial charge >= 0.3 is 0 Å². The lowest BCUT2D eigenvalue weighted by Crippen LogP contribution is -1.88. The van der Waals surface area contributed by atoms with Crippen LogP contribution in [0, 0.1) is 23.5 Å². The summed E-state index contributed by atoms with van der Waals surface area (Å²) in [6.07, 6.45) is 0. The van der Waals surface area contributed by atoms with Crippen molar-refractivity contribution >= 4 is 11.6 Å². The zero-order valence-electron chi connectivity index (χ0n) is 7.90. The van der Waals surface area contributed by atoms with Crippen LogP contribution >= 0.6 is 11.6 Å². The maximum atomic E-state index is 13.5. The number of hydrogen-bond acceptors (Lipinski definition) is 0. The van der Waals surface area contributed by atoms with Gasteiger partial charge in [0.15, 0.2) is 0 Å². The molecule has 0 unspecified atom stereocenters. The molecule has 2 aromatic rings. The lowest BCUT2D eigenvalue weighted by Gasteiger charge is -2.04. The molecule has 0 aliphatic carbocycles. The molecule has 2 rings (SSSR count). The topological polar surface area (TPSA) is 0 Å². The predicted molar refractivity (Wildman–Crippen MR) is 55.6 cm³/mol. The summed E-state index contributed by atoms with van der Waals surface area (Å²) in [6.45, 7) is 0. The molecule has 0 fully saturated rings. The summed E-state index contributed by atoms with van der Waals surface area (Å²) in [5.74, 6) is -2.37. The minimum Gasteiger partial charge on any atom is -0.206 e. The van der Waals surface area contributed by atoms with E-state index in [1.165, 1.54) is 12.1 Å². The first kappa shape index (κ1) is 11.0.